The fourth-order valence-corrected chi connectivity index (χ4v) is 3.13. The number of hydrogen-bond acceptors (Lipinski definition) is 5. The van der Waals surface area contributed by atoms with Gasteiger partial charge in [0, 0.05) is 17.6 Å². The van der Waals surface area contributed by atoms with Crippen LogP contribution in [0.4, 0.5) is 5.82 Å². The molecule has 0 bridgehead atoms. The summed E-state index contributed by atoms with van der Waals surface area (Å²) >= 11 is 0. The molecule has 2 fully saturated rings. The van der Waals surface area contributed by atoms with Gasteiger partial charge in [0.15, 0.2) is 0 Å². The molecule has 0 aromatic carbocycles. The molecule has 6 heteroatoms. The van der Waals surface area contributed by atoms with Gasteiger partial charge in [-0.25, -0.2) is 9.97 Å². The van der Waals surface area contributed by atoms with Crippen LogP contribution in [0.2, 0.25) is 0 Å². The maximum atomic E-state index is 6.17. The van der Waals surface area contributed by atoms with E-state index in [1.807, 2.05) is 27.7 Å². The molecule has 1 saturated heterocycles. The fraction of sp³-hybridized carbons (Fsp3) is 0.750. The third-order valence-electron chi connectivity index (χ3n) is 5.34. The van der Waals surface area contributed by atoms with E-state index in [-0.39, 0.29) is 11.2 Å². The summed E-state index contributed by atoms with van der Waals surface area (Å²) in [5, 5.41) is 0. The summed E-state index contributed by atoms with van der Waals surface area (Å²) in [6, 6.07) is 0. The molecule has 3 rings (SSSR count). The van der Waals surface area contributed by atoms with Gasteiger partial charge in [-0.05, 0) is 40.5 Å². The number of nitrogen functional groups attached to an aromatic ring is 1. The summed E-state index contributed by atoms with van der Waals surface area (Å²) in [6.07, 6.45) is 7.94. The average Bonchev–Trinajstić information content (AvgIpc) is 2.68. The summed E-state index contributed by atoms with van der Waals surface area (Å²) in [5.74, 6) is 1.80. The Bertz CT molecular complexity index is 540. The van der Waals surface area contributed by atoms with Gasteiger partial charge >= 0.3 is 7.12 Å². The van der Waals surface area contributed by atoms with E-state index in [9.17, 15) is 0 Å². The topological polar surface area (TPSA) is 70.3 Å². The van der Waals surface area contributed by atoms with Crippen molar-refractivity contribution in [1.29, 1.82) is 0 Å². The summed E-state index contributed by atoms with van der Waals surface area (Å²) in [7, 11) is -0.495. The van der Waals surface area contributed by atoms with E-state index in [0.717, 1.165) is 24.1 Å². The normalized spacial score (nSPS) is 24.6. The van der Waals surface area contributed by atoms with E-state index in [1.165, 1.54) is 19.3 Å². The van der Waals surface area contributed by atoms with Crippen LogP contribution in [-0.4, -0.2) is 28.3 Å². The van der Waals surface area contributed by atoms with Crippen LogP contribution in [0.3, 0.4) is 0 Å². The Labute approximate surface area is 133 Å². The van der Waals surface area contributed by atoms with E-state index < -0.39 is 7.12 Å². The lowest BCUT2D eigenvalue weighted by Crippen LogP contribution is -2.41. The summed E-state index contributed by atoms with van der Waals surface area (Å²) in [6.45, 7) is 8.11. The monoisotopic (exact) mass is 303 g/mol. The minimum atomic E-state index is -0.495. The summed E-state index contributed by atoms with van der Waals surface area (Å²) < 4.78 is 12.1. The van der Waals surface area contributed by atoms with Gasteiger partial charge in [0.1, 0.15) is 11.6 Å². The van der Waals surface area contributed by atoms with Crippen LogP contribution < -0.4 is 11.2 Å². The van der Waals surface area contributed by atoms with Gasteiger partial charge in [-0.1, -0.05) is 19.3 Å². The lowest BCUT2D eigenvalue weighted by Gasteiger charge is -2.32. The van der Waals surface area contributed by atoms with Crippen LogP contribution in [0.5, 0.6) is 0 Å². The predicted molar refractivity (Wildman–Crippen MR) is 88.0 cm³/mol. The second-order valence-electron chi connectivity index (χ2n) is 7.49. The Morgan fingerprint density at radius 2 is 1.68 bits per heavy atom. The molecule has 1 aliphatic heterocycles. The van der Waals surface area contributed by atoms with Gasteiger partial charge in [0.05, 0.1) is 11.2 Å². The maximum Gasteiger partial charge on any atom is 0.500 e. The number of rotatable bonds is 2. The van der Waals surface area contributed by atoms with E-state index in [2.05, 4.69) is 9.97 Å². The summed E-state index contributed by atoms with van der Waals surface area (Å²) in [5.41, 5.74) is 6.14. The van der Waals surface area contributed by atoms with Gasteiger partial charge in [0.25, 0.3) is 0 Å². The van der Waals surface area contributed by atoms with Crippen molar-refractivity contribution in [3.63, 3.8) is 0 Å². The standard InChI is InChI=1S/C16H26BN3O2/c1-15(2)16(3,4)22-17(21-15)12-10-19-14(20-13(12)18)11-8-6-5-7-9-11/h10-11H,5-9H2,1-4H3,(H2,18,19,20). The van der Waals surface area contributed by atoms with Crippen molar-refractivity contribution >= 4 is 18.4 Å². The van der Waals surface area contributed by atoms with Crippen LogP contribution in [-0.2, 0) is 9.31 Å². The van der Waals surface area contributed by atoms with Crippen molar-refractivity contribution < 1.29 is 9.31 Å². The van der Waals surface area contributed by atoms with E-state index in [0.29, 0.717) is 11.7 Å². The van der Waals surface area contributed by atoms with Crippen molar-refractivity contribution in [1.82, 2.24) is 9.97 Å². The predicted octanol–water partition coefficient (Wildman–Crippen LogP) is 2.41. The first-order chi connectivity index (χ1) is 10.3. The minimum absolute atomic E-state index is 0.383. The van der Waals surface area contributed by atoms with Crippen LogP contribution >= 0.6 is 0 Å². The quantitative estimate of drug-likeness (QED) is 0.850. The molecular weight excluding hydrogens is 277 g/mol. The Balaban J connectivity index is 1.81. The molecule has 0 spiro atoms. The molecular formula is C16H26BN3O2. The molecule has 2 N–H and O–H groups in total. The molecule has 2 aliphatic rings. The van der Waals surface area contributed by atoms with Crippen molar-refractivity contribution in [2.75, 3.05) is 5.73 Å². The summed E-state index contributed by atoms with van der Waals surface area (Å²) in [4.78, 5) is 9.10. The van der Waals surface area contributed by atoms with Crippen LogP contribution in [0.15, 0.2) is 6.20 Å². The van der Waals surface area contributed by atoms with Gasteiger partial charge in [-0.2, -0.15) is 0 Å². The Morgan fingerprint density at radius 3 is 2.23 bits per heavy atom. The van der Waals surface area contributed by atoms with Gasteiger partial charge in [-0.3, -0.25) is 0 Å². The van der Waals surface area contributed by atoms with Crippen molar-refractivity contribution in [3.05, 3.63) is 12.0 Å². The van der Waals surface area contributed by atoms with E-state index in [1.54, 1.807) is 6.20 Å². The minimum Gasteiger partial charge on any atom is -0.399 e. The molecule has 2 heterocycles. The van der Waals surface area contributed by atoms with Gasteiger partial charge < -0.3 is 15.0 Å². The number of hydrogen-bond donors (Lipinski definition) is 1. The van der Waals surface area contributed by atoms with E-state index >= 15 is 0 Å². The molecule has 0 unspecified atom stereocenters. The third-order valence-corrected chi connectivity index (χ3v) is 5.34. The van der Waals surface area contributed by atoms with E-state index in [4.69, 9.17) is 15.0 Å². The van der Waals surface area contributed by atoms with Crippen LogP contribution in [0, 0.1) is 0 Å². The molecule has 1 aliphatic carbocycles. The zero-order chi connectivity index (χ0) is 16.0. The SMILES string of the molecule is CC1(C)OB(c2cnc(C3CCCCC3)nc2N)OC1(C)C. The Morgan fingerprint density at radius 1 is 1.09 bits per heavy atom. The maximum absolute atomic E-state index is 6.17. The Hall–Kier alpha value is -1.14. The molecule has 5 nitrogen and oxygen atoms in total. The molecule has 1 aromatic heterocycles. The highest BCUT2D eigenvalue weighted by molar-refractivity contribution is 6.63. The number of nitrogens with zero attached hydrogens (tertiary/aromatic N) is 2. The molecule has 22 heavy (non-hydrogen) atoms. The van der Waals surface area contributed by atoms with Gasteiger partial charge in [0.2, 0.25) is 0 Å². The van der Waals surface area contributed by atoms with Crippen molar-refractivity contribution in [2.45, 2.75) is 76.9 Å². The molecule has 1 saturated carbocycles. The first-order valence-electron chi connectivity index (χ1n) is 8.28. The number of anilines is 1. The average molecular weight is 303 g/mol. The lowest BCUT2D eigenvalue weighted by atomic mass is 9.80. The van der Waals surface area contributed by atoms with Crippen LogP contribution in [0.1, 0.15) is 71.5 Å². The lowest BCUT2D eigenvalue weighted by molar-refractivity contribution is 0.00578. The zero-order valence-electron chi connectivity index (χ0n) is 14.1. The highest BCUT2D eigenvalue weighted by atomic mass is 16.7. The number of nitrogens with two attached hydrogens (primary N) is 1. The highest BCUT2D eigenvalue weighted by Crippen LogP contribution is 2.37. The highest BCUT2D eigenvalue weighted by Gasteiger charge is 2.52. The zero-order valence-corrected chi connectivity index (χ0v) is 14.1. The first kappa shape index (κ1) is 15.7. The third kappa shape index (κ3) is 2.74. The van der Waals surface area contributed by atoms with Gasteiger partial charge in [-0.15, -0.1) is 0 Å². The molecule has 0 amide bonds. The second kappa shape index (κ2) is 5.50. The van der Waals surface area contributed by atoms with Crippen molar-refractivity contribution in [2.24, 2.45) is 0 Å². The molecule has 0 atom stereocenters. The smallest absolute Gasteiger partial charge is 0.399 e. The largest absolute Gasteiger partial charge is 0.500 e. The Kier molecular flexibility index (Phi) is 3.93. The molecule has 1 aromatic rings. The first-order valence-corrected chi connectivity index (χ1v) is 8.28. The van der Waals surface area contributed by atoms with Crippen LogP contribution in [0.25, 0.3) is 0 Å². The van der Waals surface area contributed by atoms with Crippen molar-refractivity contribution in [3.8, 4) is 0 Å². The molecule has 0 radical (unpaired) electrons. The number of aromatic nitrogens is 2. The fourth-order valence-electron chi connectivity index (χ4n) is 3.13. The second-order valence-corrected chi connectivity index (χ2v) is 7.49. The molecule has 120 valence electrons.